The van der Waals surface area contributed by atoms with Gasteiger partial charge in [-0.1, -0.05) is 63.2 Å². The van der Waals surface area contributed by atoms with Gasteiger partial charge >= 0.3 is 6.16 Å². The molecule has 4 aromatic rings. The van der Waals surface area contributed by atoms with E-state index in [1.165, 1.54) is 0 Å². The van der Waals surface area contributed by atoms with Crippen molar-refractivity contribution in [3.8, 4) is 11.1 Å². The summed E-state index contributed by atoms with van der Waals surface area (Å²) >= 11 is 0. The number of piperidine rings is 1. The number of aromatic amines is 1. The summed E-state index contributed by atoms with van der Waals surface area (Å²) in [6.07, 6.45) is 0.414. The average molecular weight is 647 g/mol. The van der Waals surface area contributed by atoms with E-state index in [9.17, 15) is 18.0 Å². The van der Waals surface area contributed by atoms with Crippen LogP contribution in [0.5, 0.6) is 0 Å². The summed E-state index contributed by atoms with van der Waals surface area (Å²) in [5, 5.41) is 5.39. The molecule has 0 atom stereocenters. The number of nitrogens with one attached hydrogen (secondary N) is 3. The molecule has 0 saturated carbocycles. The maximum Gasteiger partial charge on any atom is 0.528 e. The number of H-pyrrole nitrogens is 1. The van der Waals surface area contributed by atoms with Crippen molar-refractivity contribution in [1.82, 2.24) is 15.4 Å². The molecule has 0 aliphatic carbocycles. The Labute approximate surface area is 270 Å². The molecule has 1 aromatic heterocycles. The van der Waals surface area contributed by atoms with Gasteiger partial charge in [0.25, 0.3) is 15.9 Å². The predicted octanol–water partition coefficient (Wildman–Crippen LogP) is 6.99. The number of aromatic nitrogens is 1. The van der Waals surface area contributed by atoms with E-state index in [0.29, 0.717) is 53.8 Å². The largest absolute Gasteiger partial charge is 0.528 e. The fraction of sp³-hybridized carbons (Fsp3) is 0.371. The van der Waals surface area contributed by atoms with Crippen LogP contribution in [0.4, 0.5) is 10.5 Å². The highest BCUT2D eigenvalue weighted by atomic mass is 32.2. The van der Waals surface area contributed by atoms with Crippen LogP contribution in [0, 0.1) is 0 Å². The van der Waals surface area contributed by atoms with Gasteiger partial charge in [0.2, 0.25) is 0 Å². The van der Waals surface area contributed by atoms with Crippen molar-refractivity contribution in [2.45, 2.75) is 76.3 Å². The summed E-state index contributed by atoms with van der Waals surface area (Å²) in [6, 6.07) is 21.5. The van der Waals surface area contributed by atoms with E-state index in [-0.39, 0.29) is 22.3 Å². The number of hydroxylamine groups is 2. The summed E-state index contributed by atoms with van der Waals surface area (Å²) in [5.41, 5.74) is 3.25. The van der Waals surface area contributed by atoms with E-state index < -0.39 is 21.8 Å². The lowest BCUT2D eigenvalue weighted by Crippen LogP contribution is -2.45. The van der Waals surface area contributed by atoms with Gasteiger partial charge < -0.3 is 19.9 Å². The first-order chi connectivity index (χ1) is 21.6. The smallest absolute Gasteiger partial charge is 0.427 e. The summed E-state index contributed by atoms with van der Waals surface area (Å²) in [5.74, 6) is -0.275. The van der Waals surface area contributed by atoms with E-state index in [2.05, 4.69) is 35.8 Å². The normalized spacial score (nSPS) is 15.0. The molecule has 244 valence electrons. The molecule has 2 heterocycles. The van der Waals surface area contributed by atoms with Crippen molar-refractivity contribution in [3.05, 3.63) is 84.1 Å². The van der Waals surface area contributed by atoms with Gasteiger partial charge in [-0.05, 0) is 80.5 Å². The molecule has 0 bridgehead atoms. The highest BCUT2D eigenvalue weighted by Gasteiger charge is 2.28. The highest BCUT2D eigenvalue weighted by molar-refractivity contribution is 7.92. The van der Waals surface area contributed by atoms with Crippen molar-refractivity contribution in [1.29, 1.82) is 0 Å². The zero-order valence-corrected chi connectivity index (χ0v) is 28.0. The summed E-state index contributed by atoms with van der Waals surface area (Å²) in [4.78, 5) is 34.5. The Hall–Kier alpha value is -4.35. The third-order valence-electron chi connectivity index (χ3n) is 7.75. The Balaban J connectivity index is 1.35. The molecule has 1 fully saturated rings. The molecule has 1 aliphatic rings. The number of ether oxygens (including phenoxy) is 1. The number of fused-ring (bicyclic) bond motifs is 1. The molecule has 3 aromatic carbocycles. The van der Waals surface area contributed by atoms with Gasteiger partial charge in [0.15, 0.2) is 0 Å². The van der Waals surface area contributed by atoms with Crippen LogP contribution in [0.3, 0.4) is 0 Å². The van der Waals surface area contributed by atoms with Gasteiger partial charge in [0.05, 0.1) is 4.90 Å². The quantitative estimate of drug-likeness (QED) is 0.185. The first-order valence-electron chi connectivity index (χ1n) is 15.4. The minimum absolute atomic E-state index is 0.0968. The maximum atomic E-state index is 13.7. The predicted molar refractivity (Wildman–Crippen MR) is 179 cm³/mol. The van der Waals surface area contributed by atoms with Crippen LogP contribution in [0.1, 0.15) is 70.4 Å². The van der Waals surface area contributed by atoms with Crippen LogP contribution in [0.25, 0.3) is 22.0 Å². The van der Waals surface area contributed by atoms with Crippen LogP contribution in [-0.2, 0) is 25.0 Å². The fourth-order valence-electron chi connectivity index (χ4n) is 5.40. The standard InChI is InChI=1S/C35H42N4O6S/c1-34(2,3)24-12-15-27(16-13-24)46(42,43)38-26-14-17-29-28(22-26)30(23-10-8-7-9-11-23)31(37-29)32(40)36-25-18-20-39(21-19-25)45-33(41)44-35(4,5)6/h7-17,22,25,37-38H,18-21H2,1-6H3,(H,36,40). The van der Waals surface area contributed by atoms with E-state index in [1.807, 2.05) is 42.5 Å². The number of hydrogen-bond donors (Lipinski definition) is 3. The molecule has 10 nitrogen and oxygen atoms in total. The van der Waals surface area contributed by atoms with Crippen molar-refractivity contribution in [2.24, 2.45) is 0 Å². The van der Waals surface area contributed by atoms with Crippen LogP contribution in [0.2, 0.25) is 0 Å². The van der Waals surface area contributed by atoms with Gasteiger partial charge in [0, 0.05) is 41.3 Å². The molecule has 11 heteroatoms. The van der Waals surface area contributed by atoms with Crippen molar-refractivity contribution >= 4 is 38.7 Å². The Morgan fingerprint density at radius 1 is 0.891 bits per heavy atom. The molecular formula is C35H42N4O6S. The molecule has 0 spiro atoms. The molecule has 3 N–H and O–H groups in total. The second kappa shape index (κ2) is 12.8. The van der Waals surface area contributed by atoms with E-state index in [0.717, 1.165) is 11.1 Å². The SMILES string of the molecule is CC(C)(C)OC(=O)ON1CCC(NC(=O)c2[nH]c3ccc(NS(=O)(=O)c4ccc(C(C)(C)C)cc4)cc3c2-c2ccccc2)CC1. The third kappa shape index (κ3) is 7.89. The topological polar surface area (TPSA) is 130 Å². The number of anilines is 1. The lowest BCUT2D eigenvalue weighted by atomic mass is 9.87. The number of carbonyl (C=O) groups excluding carboxylic acids is 2. The summed E-state index contributed by atoms with van der Waals surface area (Å²) < 4.78 is 34.6. The van der Waals surface area contributed by atoms with E-state index in [1.54, 1.807) is 56.2 Å². The monoisotopic (exact) mass is 646 g/mol. The van der Waals surface area contributed by atoms with Crippen LogP contribution in [0.15, 0.2) is 77.7 Å². The molecule has 46 heavy (non-hydrogen) atoms. The Kier molecular flexibility index (Phi) is 9.19. The first-order valence-corrected chi connectivity index (χ1v) is 16.9. The van der Waals surface area contributed by atoms with Gasteiger partial charge in [0.1, 0.15) is 11.3 Å². The maximum absolute atomic E-state index is 13.7. The van der Waals surface area contributed by atoms with Crippen molar-refractivity contribution in [2.75, 3.05) is 17.8 Å². The molecule has 1 amide bonds. The Bertz CT molecular complexity index is 1810. The van der Waals surface area contributed by atoms with Gasteiger partial charge in [-0.25, -0.2) is 13.2 Å². The lowest BCUT2D eigenvalue weighted by molar-refractivity contribution is -0.152. The second-order valence-corrected chi connectivity index (χ2v) is 15.3. The minimum atomic E-state index is -3.85. The molecule has 0 unspecified atom stereocenters. The number of sulfonamides is 1. The number of amides is 1. The summed E-state index contributed by atoms with van der Waals surface area (Å²) in [7, 11) is -3.85. The Morgan fingerprint density at radius 2 is 1.54 bits per heavy atom. The number of carbonyl (C=O) groups is 2. The molecular weight excluding hydrogens is 604 g/mol. The van der Waals surface area contributed by atoms with Crippen LogP contribution < -0.4 is 10.0 Å². The second-order valence-electron chi connectivity index (χ2n) is 13.6. The first kappa shape index (κ1) is 33.0. The number of nitrogens with zero attached hydrogens (tertiary/aromatic N) is 1. The summed E-state index contributed by atoms with van der Waals surface area (Å²) in [6.45, 7) is 12.4. The molecule has 5 rings (SSSR count). The lowest BCUT2D eigenvalue weighted by Gasteiger charge is -2.31. The third-order valence-corrected chi connectivity index (χ3v) is 9.15. The van der Waals surface area contributed by atoms with Crippen molar-refractivity contribution < 1.29 is 27.6 Å². The molecule has 0 radical (unpaired) electrons. The molecule has 1 saturated heterocycles. The Morgan fingerprint density at radius 3 is 2.15 bits per heavy atom. The van der Waals surface area contributed by atoms with Crippen LogP contribution >= 0.6 is 0 Å². The highest BCUT2D eigenvalue weighted by Crippen LogP contribution is 2.35. The van der Waals surface area contributed by atoms with Gasteiger partial charge in [-0.3, -0.25) is 9.52 Å². The number of rotatable bonds is 7. The fourth-order valence-corrected chi connectivity index (χ4v) is 6.45. The number of benzene rings is 3. The van der Waals surface area contributed by atoms with Crippen molar-refractivity contribution in [3.63, 3.8) is 0 Å². The van der Waals surface area contributed by atoms with Gasteiger partial charge in [-0.15, -0.1) is 5.06 Å². The van der Waals surface area contributed by atoms with Crippen LogP contribution in [-0.4, -0.2) is 55.3 Å². The minimum Gasteiger partial charge on any atom is -0.427 e. The van der Waals surface area contributed by atoms with E-state index >= 15 is 0 Å². The average Bonchev–Trinajstić information content (AvgIpc) is 3.36. The van der Waals surface area contributed by atoms with Gasteiger partial charge in [-0.2, -0.15) is 0 Å². The number of hydrogen-bond acceptors (Lipinski definition) is 7. The molecule has 1 aliphatic heterocycles. The van der Waals surface area contributed by atoms with E-state index in [4.69, 9.17) is 9.57 Å². The zero-order chi connectivity index (χ0) is 33.3. The zero-order valence-electron chi connectivity index (χ0n) is 27.1.